The number of nitrogens with two attached hydrogens (primary N) is 2. The molecule has 0 heterocycles. The molecule has 1 rings (SSSR count). The molecule has 17 heavy (non-hydrogen) atoms. The normalized spacial score (nSPS) is 10.2. The fourth-order valence-corrected chi connectivity index (χ4v) is 1.16. The van der Waals surface area contributed by atoms with Crippen LogP contribution in [0.4, 0.5) is 0 Å². The average molecular weight is 234 g/mol. The van der Waals surface area contributed by atoms with E-state index < -0.39 is 5.97 Å². The minimum absolute atomic E-state index is 0.144. The van der Waals surface area contributed by atoms with E-state index in [1.807, 2.05) is 0 Å². The number of carbonyl (C=O) groups is 1. The van der Waals surface area contributed by atoms with Gasteiger partial charge in [0.1, 0.15) is 0 Å². The standard InChI is InChI=1S/C11H14N4O2/c1-2-17-10(16)9-6-4-3-5-8(9)7-14-15-11(12)13/h3-7H,2H2,1H3,(H4,12,13,15). The molecule has 1 aromatic rings. The number of benzene rings is 1. The van der Waals surface area contributed by atoms with E-state index >= 15 is 0 Å². The second-order valence-electron chi connectivity index (χ2n) is 3.08. The molecule has 6 heteroatoms. The Labute approximate surface area is 99.0 Å². The predicted molar refractivity (Wildman–Crippen MR) is 65.8 cm³/mol. The Kier molecular flexibility index (Phi) is 4.68. The van der Waals surface area contributed by atoms with Crippen LogP contribution in [-0.4, -0.2) is 24.8 Å². The van der Waals surface area contributed by atoms with E-state index in [0.29, 0.717) is 17.7 Å². The molecule has 0 amide bonds. The van der Waals surface area contributed by atoms with Gasteiger partial charge in [-0.2, -0.15) is 5.10 Å². The Balaban J connectivity index is 2.96. The molecule has 0 aromatic heterocycles. The highest BCUT2D eigenvalue weighted by atomic mass is 16.5. The summed E-state index contributed by atoms with van der Waals surface area (Å²) >= 11 is 0. The monoisotopic (exact) mass is 234 g/mol. The molecule has 0 aliphatic heterocycles. The molecule has 0 spiro atoms. The van der Waals surface area contributed by atoms with Crippen molar-refractivity contribution in [3.05, 3.63) is 35.4 Å². The van der Waals surface area contributed by atoms with Gasteiger partial charge in [0.2, 0.25) is 5.96 Å². The second kappa shape index (κ2) is 6.26. The third kappa shape index (κ3) is 3.94. The number of nitrogens with zero attached hydrogens (tertiary/aromatic N) is 2. The number of esters is 1. The summed E-state index contributed by atoms with van der Waals surface area (Å²) in [6, 6.07) is 6.89. The molecule has 1 aromatic carbocycles. The largest absolute Gasteiger partial charge is 0.462 e. The third-order valence-electron chi connectivity index (χ3n) is 1.83. The quantitative estimate of drug-likeness (QED) is 0.342. The zero-order valence-corrected chi connectivity index (χ0v) is 9.46. The first-order valence-electron chi connectivity index (χ1n) is 5.03. The van der Waals surface area contributed by atoms with Crippen LogP contribution < -0.4 is 11.5 Å². The van der Waals surface area contributed by atoms with Crippen molar-refractivity contribution in [2.45, 2.75) is 6.92 Å². The molecule has 6 nitrogen and oxygen atoms in total. The molecule has 0 radical (unpaired) electrons. The Morgan fingerprint density at radius 1 is 1.41 bits per heavy atom. The molecule has 90 valence electrons. The van der Waals surface area contributed by atoms with E-state index in [2.05, 4.69) is 10.2 Å². The molecule has 0 aliphatic rings. The van der Waals surface area contributed by atoms with Gasteiger partial charge >= 0.3 is 5.97 Å². The maximum atomic E-state index is 11.6. The summed E-state index contributed by atoms with van der Waals surface area (Å²) in [5, 5.41) is 7.11. The number of hydrogen-bond donors (Lipinski definition) is 2. The zero-order chi connectivity index (χ0) is 12.7. The molecular weight excluding hydrogens is 220 g/mol. The average Bonchev–Trinajstić information content (AvgIpc) is 2.29. The molecule has 0 unspecified atom stereocenters. The fraction of sp³-hybridized carbons (Fsp3) is 0.182. The summed E-state index contributed by atoms with van der Waals surface area (Å²) in [6.45, 7) is 2.06. The van der Waals surface area contributed by atoms with Crippen molar-refractivity contribution >= 4 is 18.1 Å². The Morgan fingerprint density at radius 3 is 2.76 bits per heavy atom. The summed E-state index contributed by atoms with van der Waals surface area (Å²) in [5.41, 5.74) is 11.3. The van der Waals surface area contributed by atoms with Crippen LogP contribution in [0, 0.1) is 0 Å². The van der Waals surface area contributed by atoms with Gasteiger partial charge < -0.3 is 16.2 Å². The lowest BCUT2D eigenvalue weighted by atomic mass is 10.1. The smallest absolute Gasteiger partial charge is 0.338 e. The zero-order valence-electron chi connectivity index (χ0n) is 9.46. The van der Waals surface area contributed by atoms with E-state index in [4.69, 9.17) is 16.2 Å². The van der Waals surface area contributed by atoms with Crippen molar-refractivity contribution < 1.29 is 9.53 Å². The van der Waals surface area contributed by atoms with Crippen LogP contribution in [0.25, 0.3) is 0 Å². The topological polar surface area (TPSA) is 103 Å². The molecule has 0 fully saturated rings. The van der Waals surface area contributed by atoms with E-state index in [1.54, 1.807) is 31.2 Å². The summed E-state index contributed by atoms with van der Waals surface area (Å²) in [7, 11) is 0. The molecular formula is C11H14N4O2. The van der Waals surface area contributed by atoms with Gasteiger partial charge in [-0.1, -0.05) is 18.2 Å². The number of ether oxygens (including phenoxy) is 1. The van der Waals surface area contributed by atoms with Gasteiger partial charge in [0.15, 0.2) is 0 Å². The van der Waals surface area contributed by atoms with Crippen LogP contribution >= 0.6 is 0 Å². The number of hydrogen-bond acceptors (Lipinski definition) is 4. The second-order valence-corrected chi connectivity index (χ2v) is 3.08. The van der Waals surface area contributed by atoms with E-state index in [9.17, 15) is 4.79 Å². The van der Waals surface area contributed by atoms with Crippen LogP contribution in [-0.2, 0) is 4.74 Å². The SMILES string of the molecule is CCOC(=O)c1ccccc1C=NN=C(N)N. The van der Waals surface area contributed by atoms with Gasteiger partial charge in [0, 0.05) is 5.56 Å². The van der Waals surface area contributed by atoms with E-state index in [1.165, 1.54) is 6.21 Å². The molecule has 0 bridgehead atoms. The minimum Gasteiger partial charge on any atom is -0.462 e. The van der Waals surface area contributed by atoms with Gasteiger partial charge in [0.25, 0.3) is 0 Å². The number of rotatable bonds is 4. The van der Waals surface area contributed by atoms with Crippen molar-refractivity contribution in [2.75, 3.05) is 6.61 Å². The van der Waals surface area contributed by atoms with E-state index in [-0.39, 0.29) is 5.96 Å². The Hall–Kier alpha value is -2.37. The van der Waals surface area contributed by atoms with Crippen molar-refractivity contribution in [3.8, 4) is 0 Å². The van der Waals surface area contributed by atoms with Gasteiger partial charge in [0.05, 0.1) is 18.4 Å². The Morgan fingerprint density at radius 2 is 2.12 bits per heavy atom. The van der Waals surface area contributed by atoms with Gasteiger partial charge in [-0.3, -0.25) is 0 Å². The first-order valence-corrected chi connectivity index (χ1v) is 5.03. The maximum absolute atomic E-state index is 11.6. The minimum atomic E-state index is -0.403. The highest BCUT2D eigenvalue weighted by Crippen LogP contribution is 2.08. The van der Waals surface area contributed by atoms with Crippen LogP contribution in [0.2, 0.25) is 0 Å². The van der Waals surface area contributed by atoms with Crippen LogP contribution in [0.3, 0.4) is 0 Å². The Bertz CT molecular complexity index is 451. The summed E-state index contributed by atoms with van der Waals surface area (Å²) in [5.74, 6) is -0.547. The van der Waals surface area contributed by atoms with Gasteiger partial charge in [-0.05, 0) is 13.0 Å². The lowest BCUT2D eigenvalue weighted by molar-refractivity contribution is 0.0526. The summed E-state index contributed by atoms with van der Waals surface area (Å²) in [6.07, 6.45) is 1.39. The fourth-order valence-electron chi connectivity index (χ4n) is 1.16. The summed E-state index contributed by atoms with van der Waals surface area (Å²) in [4.78, 5) is 11.6. The lowest BCUT2D eigenvalue weighted by Gasteiger charge is -2.03. The van der Waals surface area contributed by atoms with Gasteiger partial charge in [-0.15, -0.1) is 5.10 Å². The molecule has 0 aliphatic carbocycles. The number of carbonyl (C=O) groups excluding carboxylic acids is 1. The van der Waals surface area contributed by atoms with Crippen molar-refractivity contribution in [1.29, 1.82) is 0 Å². The number of guanidine groups is 1. The predicted octanol–water partition coefficient (Wildman–Crippen LogP) is 0.471. The van der Waals surface area contributed by atoms with Gasteiger partial charge in [-0.25, -0.2) is 4.79 Å². The van der Waals surface area contributed by atoms with Crippen molar-refractivity contribution in [3.63, 3.8) is 0 Å². The highest BCUT2D eigenvalue weighted by Gasteiger charge is 2.09. The van der Waals surface area contributed by atoms with Crippen LogP contribution in [0.15, 0.2) is 34.5 Å². The van der Waals surface area contributed by atoms with Crippen LogP contribution in [0.1, 0.15) is 22.8 Å². The molecule has 4 N–H and O–H groups in total. The third-order valence-corrected chi connectivity index (χ3v) is 1.83. The molecule has 0 saturated carbocycles. The summed E-state index contributed by atoms with van der Waals surface area (Å²) < 4.78 is 4.91. The lowest BCUT2D eigenvalue weighted by Crippen LogP contribution is -2.21. The van der Waals surface area contributed by atoms with Crippen LogP contribution in [0.5, 0.6) is 0 Å². The molecule has 0 atom stereocenters. The van der Waals surface area contributed by atoms with E-state index in [0.717, 1.165) is 0 Å². The first-order chi connectivity index (χ1) is 8.15. The van der Waals surface area contributed by atoms with Crippen molar-refractivity contribution in [1.82, 2.24) is 0 Å². The van der Waals surface area contributed by atoms with Crippen molar-refractivity contribution in [2.24, 2.45) is 21.7 Å². The molecule has 0 saturated heterocycles. The highest BCUT2D eigenvalue weighted by molar-refractivity contribution is 5.99. The first kappa shape index (κ1) is 12.7. The maximum Gasteiger partial charge on any atom is 0.338 e.